The van der Waals surface area contributed by atoms with Crippen LogP contribution in [-0.4, -0.2) is 9.97 Å². The average molecular weight is 615 g/mol. The smallest absolute Gasteiger partial charge is 0.132 e. The second kappa shape index (κ2) is 10.4. The van der Waals surface area contributed by atoms with E-state index >= 15 is 0 Å². The Morgan fingerprint density at radius 3 is 1.36 bits per heavy atom. The number of hydrogen-bond donors (Lipinski definition) is 0. The van der Waals surface area contributed by atoms with E-state index in [0.717, 1.165) is 68.0 Å². The molecule has 6 aromatic rings. The van der Waals surface area contributed by atoms with Gasteiger partial charge in [0, 0.05) is 22.3 Å². The summed E-state index contributed by atoms with van der Waals surface area (Å²) in [7, 11) is 0. The van der Waals surface area contributed by atoms with Crippen molar-refractivity contribution in [1.29, 1.82) is 0 Å². The van der Waals surface area contributed by atoms with E-state index in [1.54, 1.807) is 0 Å². The maximum Gasteiger partial charge on any atom is 0.132 e. The Bertz CT molecular complexity index is 2030. The van der Waals surface area contributed by atoms with Crippen molar-refractivity contribution < 1.29 is 9.47 Å². The number of benzene rings is 4. The van der Waals surface area contributed by atoms with E-state index in [2.05, 4.69) is 139 Å². The van der Waals surface area contributed by atoms with Crippen molar-refractivity contribution in [1.82, 2.24) is 9.97 Å². The monoisotopic (exact) mass is 614 g/mol. The van der Waals surface area contributed by atoms with Crippen LogP contribution < -0.4 is 9.47 Å². The minimum absolute atomic E-state index is 0.0866. The highest BCUT2D eigenvalue weighted by Crippen LogP contribution is 2.56. The molecule has 0 radical (unpaired) electrons. The summed E-state index contributed by atoms with van der Waals surface area (Å²) in [5, 5.41) is 0. The maximum atomic E-state index is 6.79. The summed E-state index contributed by atoms with van der Waals surface area (Å²) >= 11 is 0. The van der Waals surface area contributed by atoms with Crippen LogP contribution in [0.2, 0.25) is 0 Å². The van der Waals surface area contributed by atoms with E-state index in [-0.39, 0.29) is 10.8 Å². The summed E-state index contributed by atoms with van der Waals surface area (Å²) in [6.07, 6.45) is 0. The Balaban J connectivity index is 1.56. The quantitative estimate of drug-likeness (QED) is 0.170. The van der Waals surface area contributed by atoms with Gasteiger partial charge in [-0.3, -0.25) is 9.97 Å². The number of ether oxygens (including phenoxy) is 2. The van der Waals surface area contributed by atoms with Gasteiger partial charge in [-0.25, -0.2) is 0 Å². The van der Waals surface area contributed by atoms with Crippen molar-refractivity contribution >= 4 is 0 Å². The molecule has 0 saturated heterocycles. The van der Waals surface area contributed by atoms with Crippen LogP contribution in [0.25, 0.3) is 22.5 Å². The highest BCUT2D eigenvalue weighted by Gasteiger charge is 2.49. The summed E-state index contributed by atoms with van der Waals surface area (Å²) in [4.78, 5) is 11.0. The predicted octanol–water partition coefficient (Wildman–Crippen LogP) is 11.0. The Morgan fingerprint density at radius 1 is 0.468 bits per heavy atom. The Hall–Kier alpha value is -5.22. The van der Waals surface area contributed by atoms with Gasteiger partial charge in [0.2, 0.25) is 0 Å². The molecule has 0 fully saturated rings. The van der Waals surface area contributed by atoms with Crippen LogP contribution in [0.4, 0.5) is 0 Å². The first-order valence-electron chi connectivity index (χ1n) is 16.3. The molecule has 4 heterocycles. The van der Waals surface area contributed by atoms with Crippen molar-refractivity contribution in [2.45, 2.75) is 57.8 Å². The molecule has 2 aromatic heterocycles. The number of hydrogen-bond acceptors (Lipinski definition) is 4. The molecule has 2 aliphatic rings. The van der Waals surface area contributed by atoms with Crippen LogP contribution in [0.1, 0.15) is 75.2 Å². The number of aromatic nitrogens is 2. The summed E-state index contributed by atoms with van der Waals surface area (Å²) < 4.78 is 13.2. The number of fused-ring (bicyclic) bond motifs is 16. The molecule has 0 aliphatic carbocycles. The Kier molecular flexibility index (Phi) is 6.46. The molecule has 8 rings (SSSR count). The van der Waals surface area contributed by atoms with E-state index in [0.29, 0.717) is 0 Å². The molecule has 0 saturated carbocycles. The summed E-state index contributed by atoms with van der Waals surface area (Å²) in [5.74, 6) is 3.14. The van der Waals surface area contributed by atoms with Gasteiger partial charge < -0.3 is 9.47 Å². The van der Waals surface area contributed by atoms with E-state index in [1.807, 2.05) is 24.3 Å². The van der Waals surface area contributed by atoms with Gasteiger partial charge in [-0.1, -0.05) is 90.1 Å². The van der Waals surface area contributed by atoms with Crippen LogP contribution in [0.5, 0.6) is 23.0 Å². The van der Waals surface area contributed by atoms with Crippen LogP contribution in [0.3, 0.4) is 0 Å². The van der Waals surface area contributed by atoms with Crippen LogP contribution in [0, 0.1) is 0 Å². The molecule has 4 aromatic carbocycles. The van der Waals surface area contributed by atoms with Gasteiger partial charge in [0.25, 0.3) is 0 Å². The summed E-state index contributed by atoms with van der Waals surface area (Å²) in [6.45, 7) is 13.5. The van der Waals surface area contributed by atoms with E-state index in [9.17, 15) is 0 Å². The molecule has 0 amide bonds. The fourth-order valence-electron chi connectivity index (χ4n) is 6.89. The first kappa shape index (κ1) is 29.2. The molecule has 0 N–H and O–H groups in total. The fraction of sp³-hybridized carbons (Fsp3) is 0.209. The third kappa shape index (κ3) is 4.82. The van der Waals surface area contributed by atoms with Crippen LogP contribution >= 0.6 is 0 Å². The molecule has 0 atom stereocenters. The molecule has 0 unspecified atom stereocenters. The summed E-state index contributed by atoms with van der Waals surface area (Å²) in [6, 6.07) is 42.3. The SMILES string of the molecule is CC(C)(C)c1ccc2c(c1)C1(c3cccc(n3)-c3cccc(c3)Oc3cccc(c3)-c3cccc1n3)c1cc(C(C)(C)C)ccc1O2. The minimum Gasteiger partial charge on any atom is -0.457 e. The second-order valence-corrected chi connectivity index (χ2v) is 14.7. The van der Waals surface area contributed by atoms with Crippen molar-refractivity contribution in [2.75, 3.05) is 0 Å². The molecule has 232 valence electrons. The van der Waals surface area contributed by atoms with Crippen molar-refractivity contribution in [2.24, 2.45) is 0 Å². The topological polar surface area (TPSA) is 44.2 Å². The highest BCUT2D eigenvalue weighted by molar-refractivity contribution is 5.72. The van der Waals surface area contributed by atoms with Gasteiger partial charge >= 0.3 is 0 Å². The third-order valence-corrected chi connectivity index (χ3v) is 9.48. The molecule has 47 heavy (non-hydrogen) atoms. The van der Waals surface area contributed by atoms with Gasteiger partial charge in [0.15, 0.2) is 0 Å². The van der Waals surface area contributed by atoms with Gasteiger partial charge in [-0.05, 0) is 94.8 Å². The lowest BCUT2D eigenvalue weighted by Crippen LogP contribution is -2.37. The van der Waals surface area contributed by atoms with Crippen LogP contribution in [-0.2, 0) is 16.2 Å². The maximum absolute atomic E-state index is 6.79. The zero-order valence-corrected chi connectivity index (χ0v) is 27.8. The van der Waals surface area contributed by atoms with Gasteiger partial charge in [-0.2, -0.15) is 0 Å². The lowest BCUT2D eigenvalue weighted by Gasteiger charge is -2.41. The normalized spacial score (nSPS) is 14.3. The first-order chi connectivity index (χ1) is 22.5. The zero-order valence-electron chi connectivity index (χ0n) is 27.8. The number of nitrogens with zero attached hydrogens (tertiary/aromatic N) is 2. The van der Waals surface area contributed by atoms with Gasteiger partial charge in [0.1, 0.15) is 28.4 Å². The highest BCUT2D eigenvalue weighted by atomic mass is 16.5. The molecule has 8 bridgehead atoms. The number of rotatable bonds is 0. The fourth-order valence-corrected chi connectivity index (χ4v) is 6.89. The first-order valence-corrected chi connectivity index (χ1v) is 16.3. The lowest BCUT2D eigenvalue weighted by molar-refractivity contribution is 0.426. The summed E-state index contributed by atoms with van der Waals surface area (Å²) in [5.41, 5.74) is 8.93. The molecule has 4 nitrogen and oxygen atoms in total. The molecule has 4 heteroatoms. The molecular weight excluding hydrogens is 576 g/mol. The van der Waals surface area contributed by atoms with E-state index in [4.69, 9.17) is 19.4 Å². The van der Waals surface area contributed by atoms with E-state index < -0.39 is 5.41 Å². The van der Waals surface area contributed by atoms with Crippen LogP contribution in [0.15, 0.2) is 121 Å². The molecule has 1 spiro atoms. The average Bonchev–Trinajstić information content (AvgIpc) is 3.06. The minimum atomic E-state index is -0.882. The third-order valence-electron chi connectivity index (χ3n) is 9.48. The standard InChI is InChI=1S/C43H38N2O2/c1-41(2,3)29-19-21-37-33(25-29)43(34-26-30(42(4,5)6)20-22-38(34)47-37)39-17-9-15-35(44-39)27-11-7-13-31(23-27)46-32-14-8-12-28(24-32)36-16-10-18-40(43)45-36/h7-26H,1-6H3. The number of pyridine rings is 2. The van der Waals surface area contributed by atoms with Crippen molar-refractivity contribution in [3.8, 4) is 45.5 Å². The Morgan fingerprint density at radius 2 is 0.915 bits per heavy atom. The Labute approximate surface area is 277 Å². The molecular formula is C43H38N2O2. The lowest BCUT2D eigenvalue weighted by atomic mass is 9.65. The zero-order chi connectivity index (χ0) is 32.6. The predicted molar refractivity (Wildman–Crippen MR) is 189 cm³/mol. The van der Waals surface area contributed by atoms with Crippen molar-refractivity contribution in [3.05, 3.63) is 155 Å². The molecule has 2 aliphatic heterocycles. The largest absolute Gasteiger partial charge is 0.457 e. The van der Waals surface area contributed by atoms with Gasteiger partial charge in [0.05, 0.1) is 22.8 Å². The van der Waals surface area contributed by atoms with Crippen molar-refractivity contribution in [3.63, 3.8) is 0 Å². The second-order valence-electron chi connectivity index (χ2n) is 14.7. The van der Waals surface area contributed by atoms with Gasteiger partial charge in [-0.15, -0.1) is 0 Å². The van der Waals surface area contributed by atoms with E-state index in [1.165, 1.54) is 11.1 Å².